The van der Waals surface area contributed by atoms with Gasteiger partial charge in [-0.25, -0.2) is 23.3 Å². The molecule has 1 unspecified atom stereocenters. The number of esters is 1. The number of cyclic esters (lactones) is 1. The van der Waals surface area contributed by atoms with Crippen LogP contribution in [-0.2, 0) is 25.7 Å². The van der Waals surface area contributed by atoms with Crippen molar-refractivity contribution < 1.29 is 36.2 Å². The van der Waals surface area contributed by atoms with Gasteiger partial charge in [-0.3, -0.25) is 0 Å². The number of aliphatic hydroxyl groups excluding tert-OH is 1. The van der Waals surface area contributed by atoms with Gasteiger partial charge in [0.05, 0.1) is 11.1 Å². The number of pyridine rings is 1. The van der Waals surface area contributed by atoms with Crippen molar-refractivity contribution in [3.05, 3.63) is 70.6 Å². The maximum Gasteiger partial charge on any atom is 0.417 e. The summed E-state index contributed by atoms with van der Waals surface area (Å²) >= 11 is 0. The van der Waals surface area contributed by atoms with E-state index >= 15 is 0 Å². The van der Waals surface area contributed by atoms with Crippen LogP contribution < -0.4 is 5.14 Å². The van der Waals surface area contributed by atoms with Crippen molar-refractivity contribution in [2.24, 2.45) is 5.14 Å². The number of primary sulfonamides is 1. The van der Waals surface area contributed by atoms with E-state index in [9.17, 15) is 31.5 Å². The van der Waals surface area contributed by atoms with Crippen molar-refractivity contribution in [3.63, 3.8) is 0 Å². The molecule has 3 rings (SSSR count). The monoisotopic (exact) mass is 526 g/mol. The Hall–Kier alpha value is -2.92. The fraction of sp³-hybridized carbons (Fsp3) is 0.440. The fourth-order valence-electron chi connectivity index (χ4n) is 4.87. The van der Waals surface area contributed by atoms with Gasteiger partial charge in [0.1, 0.15) is 11.4 Å². The molecule has 0 aliphatic carbocycles. The largest absolute Gasteiger partial charge is 0.512 e. The van der Waals surface area contributed by atoms with Gasteiger partial charge in [0.15, 0.2) is 5.03 Å². The van der Waals surface area contributed by atoms with Gasteiger partial charge in [0.25, 0.3) is 10.0 Å². The zero-order valence-electron chi connectivity index (χ0n) is 20.2. The number of aliphatic hydroxyl groups is 1. The average molecular weight is 527 g/mol. The predicted molar refractivity (Wildman–Crippen MR) is 127 cm³/mol. The zero-order valence-corrected chi connectivity index (χ0v) is 21.0. The molecule has 196 valence electrons. The summed E-state index contributed by atoms with van der Waals surface area (Å²) in [5, 5.41) is 15.6. The minimum absolute atomic E-state index is 0.0188. The Morgan fingerprint density at radius 1 is 1.22 bits per heavy atom. The van der Waals surface area contributed by atoms with Crippen molar-refractivity contribution in [1.82, 2.24) is 4.98 Å². The van der Waals surface area contributed by atoms with Crippen molar-refractivity contribution >= 4 is 16.0 Å². The SMILES string of the molecule is CCC[C@]1(C(C)c2ccccc2)CC(O)=C([C@@H](CC)c2cc(C(F)(F)F)cnc2S(N)(=O)=O)C(=O)O1. The Labute approximate surface area is 208 Å². The highest BCUT2D eigenvalue weighted by molar-refractivity contribution is 7.89. The molecule has 0 fully saturated rings. The number of ether oxygens (including phenoxy) is 1. The lowest BCUT2D eigenvalue weighted by molar-refractivity contribution is -0.163. The molecule has 0 bridgehead atoms. The van der Waals surface area contributed by atoms with Crippen LogP contribution in [0.4, 0.5) is 13.2 Å². The molecule has 1 aliphatic rings. The molecule has 1 aromatic carbocycles. The normalized spacial score (nSPS) is 20.7. The second-order valence-electron chi connectivity index (χ2n) is 9.00. The number of benzene rings is 1. The van der Waals surface area contributed by atoms with E-state index in [2.05, 4.69) is 4.98 Å². The quantitative estimate of drug-likeness (QED) is 0.448. The summed E-state index contributed by atoms with van der Waals surface area (Å²) in [7, 11) is -4.54. The van der Waals surface area contributed by atoms with Crippen molar-refractivity contribution in [2.45, 2.75) is 75.1 Å². The van der Waals surface area contributed by atoms with Crippen LogP contribution in [0.3, 0.4) is 0 Å². The van der Waals surface area contributed by atoms with Gasteiger partial charge >= 0.3 is 12.1 Å². The summed E-state index contributed by atoms with van der Waals surface area (Å²) in [6, 6.07) is 9.92. The van der Waals surface area contributed by atoms with E-state index in [1.807, 2.05) is 44.2 Å². The van der Waals surface area contributed by atoms with Crippen LogP contribution in [0.15, 0.2) is 59.0 Å². The van der Waals surface area contributed by atoms with Gasteiger partial charge in [-0.15, -0.1) is 0 Å². The number of hydrogen-bond acceptors (Lipinski definition) is 6. The lowest BCUT2D eigenvalue weighted by Gasteiger charge is -2.42. The third-order valence-corrected chi connectivity index (χ3v) is 7.54. The Kier molecular flexibility index (Phi) is 7.85. The number of nitrogens with two attached hydrogens (primary N) is 1. The second-order valence-corrected chi connectivity index (χ2v) is 10.5. The maximum absolute atomic E-state index is 13.4. The summed E-state index contributed by atoms with van der Waals surface area (Å²) in [6.45, 7) is 5.33. The van der Waals surface area contributed by atoms with E-state index in [0.717, 1.165) is 5.56 Å². The van der Waals surface area contributed by atoms with E-state index in [1.165, 1.54) is 0 Å². The van der Waals surface area contributed by atoms with Crippen molar-refractivity contribution in [2.75, 3.05) is 0 Å². The number of carbonyl (C=O) groups excluding carboxylic acids is 1. The minimum atomic E-state index is -4.82. The molecule has 0 spiro atoms. The molecule has 7 nitrogen and oxygen atoms in total. The Morgan fingerprint density at radius 2 is 1.86 bits per heavy atom. The molecule has 3 N–H and O–H groups in total. The predicted octanol–water partition coefficient (Wildman–Crippen LogP) is 5.34. The molecular weight excluding hydrogens is 497 g/mol. The van der Waals surface area contributed by atoms with Crippen LogP contribution in [0.25, 0.3) is 0 Å². The number of hydrogen-bond donors (Lipinski definition) is 2. The molecule has 0 saturated carbocycles. The summed E-state index contributed by atoms with van der Waals surface area (Å²) in [5.41, 5.74) is -2.12. The number of nitrogens with zero attached hydrogens (tertiary/aromatic N) is 1. The van der Waals surface area contributed by atoms with E-state index in [4.69, 9.17) is 9.88 Å². The van der Waals surface area contributed by atoms with Crippen LogP contribution in [0.1, 0.15) is 75.0 Å². The third kappa shape index (κ3) is 5.41. The van der Waals surface area contributed by atoms with E-state index in [0.29, 0.717) is 25.1 Å². The third-order valence-electron chi connectivity index (χ3n) is 6.66. The first-order valence-corrected chi connectivity index (χ1v) is 13.1. The summed E-state index contributed by atoms with van der Waals surface area (Å²) in [5.74, 6) is -2.82. The molecule has 0 saturated heterocycles. The molecule has 1 aliphatic heterocycles. The lowest BCUT2D eigenvalue weighted by atomic mass is 9.74. The van der Waals surface area contributed by atoms with Gasteiger partial charge in [0, 0.05) is 24.5 Å². The van der Waals surface area contributed by atoms with Crippen LogP contribution in [-0.4, -0.2) is 30.1 Å². The van der Waals surface area contributed by atoms with Crippen molar-refractivity contribution in [1.29, 1.82) is 0 Å². The highest BCUT2D eigenvalue weighted by atomic mass is 32.2. The van der Waals surface area contributed by atoms with Gasteiger partial charge in [0.2, 0.25) is 0 Å². The van der Waals surface area contributed by atoms with Crippen molar-refractivity contribution in [3.8, 4) is 0 Å². The summed E-state index contributed by atoms with van der Waals surface area (Å²) in [4.78, 5) is 16.9. The van der Waals surface area contributed by atoms with Crippen LogP contribution >= 0.6 is 0 Å². The maximum atomic E-state index is 13.4. The van der Waals surface area contributed by atoms with Gasteiger partial charge in [-0.05, 0) is 30.0 Å². The van der Waals surface area contributed by atoms with E-state index in [1.54, 1.807) is 6.92 Å². The standard InChI is InChI=1S/C25H29F3N2O5S/c1-4-11-24(15(3)16-9-7-6-8-10-16)13-20(31)21(23(32)35-24)18(5-2)19-12-17(25(26,27)28)14-30-22(19)36(29,33)34/h6-10,12,14-15,18,31H,4-5,11,13H2,1-3H3,(H2,29,33,34)/t15?,18-,24+/m0/s1. The lowest BCUT2D eigenvalue weighted by Crippen LogP contribution is -2.45. The molecule has 3 atom stereocenters. The molecule has 0 amide bonds. The number of halogens is 3. The number of rotatable bonds is 8. The fourth-order valence-corrected chi connectivity index (χ4v) is 5.60. The molecular formula is C25H29F3N2O5S. The Balaban J connectivity index is 2.16. The minimum Gasteiger partial charge on any atom is -0.512 e. The van der Waals surface area contributed by atoms with Gasteiger partial charge in [-0.1, -0.05) is 57.5 Å². The number of sulfonamides is 1. The first-order chi connectivity index (χ1) is 16.7. The van der Waals surface area contributed by atoms with E-state index < -0.39 is 49.8 Å². The molecule has 2 aromatic rings. The Morgan fingerprint density at radius 3 is 2.36 bits per heavy atom. The zero-order chi connectivity index (χ0) is 26.9. The van der Waals surface area contributed by atoms with Crippen LogP contribution in [0.2, 0.25) is 0 Å². The smallest absolute Gasteiger partial charge is 0.417 e. The van der Waals surface area contributed by atoms with Gasteiger partial charge < -0.3 is 9.84 Å². The highest BCUT2D eigenvalue weighted by Gasteiger charge is 2.48. The molecule has 1 aromatic heterocycles. The first kappa shape index (κ1) is 27.7. The van der Waals surface area contributed by atoms with Crippen LogP contribution in [0, 0.1) is 0 Å². The molecule has 11 heteroatoms. The Bertz CT molecular complexity index is 1260. The number of aromatic nitrogens is 1. The summed E-state index contributed by atoms with van der Waals surface area (Å²) < 4.78 is 70.5. The highest BCUT2D eigenvalue weighted by Crippen LogP contribution is 2.47. The summed E-state index contributed by atoms with van der Waals surface area (Å²) in [6.07, 6.45) is -3.48. The molecule has 2 heterocycles. The molecule has 36 heavy (non-hydrogen) atoms. The topological polar surface area (TPSA) is 120 Å². The molecule has 0 radical (unpaired) electrons. The first-order valence-electron chi connectivity index (χ1n) is 11.5. The second kappa shape index (κ2) is 10.2. The number of alkyl halides is 3. The average Bonchev–Trinajstić information content (AvgIpc) is 2.80. The van der Waals surface area contributed by atoms with Crippen LogP contribution in [0.5, 0.6) is 0 Å². The van der Waals surface area contributed by atoms with Gasteiger partial charge in [-0.2, -0.15) is 13.2 Å². The van der Waals surface area contributed by atoms with E-state index in [-0.39, 0.29) is 30.1 Å². The number of carbonyl (C=O) groups is 1.